The van der Waals surface area contributed by atoms with Crippen molar-refractivity contribution in [2.24, 2.45) is 0 Å². The van der Waals surface area contributed by atoms with E-state index >= 15 is 0 Å². The van der Waals surface area contributed by atoms with Crippen molar-refractivity contribution in [3.8, 4) is 0 Å². The average Bonchev–Trinajstić information content (AvgIpc) is 2.17. The molecule has 1 aliphatic heterocycles. The topological polar surface area (TPSA) is 49.8 Å². The van der Waals surface area contributed by atoms with Gasteiger partial charge in [0.2, 0.25) is 5.95 Å². The molecule has 0 aliphatic carbocycles. The Morgan fingerprint density at radius 3 is 3.07 bits per heavy atom. The number of rotatable bonds is 2. The van der Waals surface area contributed by atoms with Gasteiger partial charge in [0.05, 0.1) is 5.69 Å². The van der Waals surface area contributed by atoms with Crippen LogP contribution in [0.1, 0.15) is 32.0 Å². The van der Waals surface area contributed by atoms with E-state index in [1.54, 1.807) is 0 Å². The van der Waals surface area contributed by atoms with Crippen molar-refractivity contribution < 1.29 is 0 Å². The fourth-order valence-electron chi connectivity index (χ4n) is 1.77. The molecule has 2 rings (SSSR count). The lowest BCUT2D eigenvalue weighted by atomic mass is 10.0. The average molecular weight is 206 g/mol. The molecule has 1 unspecified atom stereocenters. The summed E-state index contributed by atoms with van der Waals surface area (Å²) in [6.45, 7) is 7.21. The summed E-state index contributed by atoms with van der Waals surface area (Å²) in [5.41, 5.74) is 2.40. The Balaban J connectivity index is 2.19. The van der Waals surface area contributed by atoms with Crippen molar-refractivity contribution in [2.75, 3.05) is 5.32 Å². The number of nitrogens with one attached hydrogen (secondary N) is 2. The van der Waals surface area contributed by atoms with E-state index in [0.29, 0.717) is 12.1 Å². The highest BCUT2D eigenvalue weighted by atomic mass is 15.1. The summed E-state index contributed by atoms with van der Waals surface area (Å²) in [6.07, 6.45) is 2.97. The molecule has 15 heavy (non-hydrogen) atoms. The molecule has 0 saturated heterocycles. The van der Waals surface area contributed by atoms with Gasteiger partial charge in [-0.3, -0.25) is 0 Å². The minimum atomic E-state index is 0.374. The second-order valence-electron chi connectivity index (χ2n) is 4.45. The van der Waals surface area contributed by atoms with Crippen LogP contribution in [0.5, 0.6) is 0 Å². The number of fused-ring (bicyclic) bond motifs is 1. The lowest BCUT2D eigenvalue weighted by Gasteiger charge is -2.22. The highest BCUT2D eigenvalue weighted by Crippen LogP contribution is 2.15. The SMILES string of the molecule is CC(C)Nc1ncc2c(n1)CNC(C)C2. The van der Waals surface area contributed by atoms with Gasteiger partial charge in [0.25, 0.3) is 0 Å². The lowest BCUT2D eigenvalue weighted by Crippen LogP contribution is -2.33. The fourth-order valence-corrected chi connectivity index (χ4v) is 1.77. The largest absolute Gasteiger partial charge is 0.352 e. The zero-order chi connectivity index (χ0) is 10.8. The Morgan fingerprint density at radius 2 is 2.33 bits per heavy atom. The summed E-state index contributed by atoms with van der Waals surface area (Å²) in [7, 11) is 0. The molecule has 0 bridgehead atoms. The van der Waals surface area contributed by atoms with Crippen LogP contribution in [-0.2, 0) is 13.0 Å². The van der Waals surface area contributed by atoms with Gasteiger partial charge in [-0.25, -0.2) is 9.97 Å². The standard InChI is InChI=1S/C11H18N4/c1-7(2)14-11-13-5-9-4-8(3)12-6-10(9)15-11/h5,7-8,12H,4,6H2,1-3H3,(H,13,14,15). The van der Waals surface area contributed by atoms with Gasteiger partial charge in [0.1, 0.15) is 0 Å². The maximum Gasteiger partial charge on any atom is 0.223 e. The molecule has 1 aliphatic rings. The minimum absolute atomic E-state index is 0.374. The van der Waals surface area contributed by atoms with Crippen molar-refractivity contribution >= 4 is 5.95 Å². The van der Waals surface area contributed by atoms with E-state index < -0.39 is 0 Å². The number of anilines is 1. The summed E-state index contributed by atoms with van der Waals surface area (Å²) in [5, 5.41) is 6.62. The van der Waals surface area contributed by atoms with Crippen LogP contribution in [0, 0.1) is 0 Å². The van der Waals surface area contributed by atoms with Crippen molar-refractivity contribution in [1.82, 2.24) is 15.3 Å². The molecule has 0 spiro atoms. The normalized spacial score (nSPS) is 20.1. The Bertz CT molecular complexity index is 348. The quantitative estimate of drug-likeness (QED) is 0.766. The van der Waals surface area contributed by atoms with Gasteiger partial charge in [-0.15, -0.1) is 0 Å². The van der Waals surface area contributed by atoms with Crippen LogP contribution in [-0.4, -0.2) is 22.1 Å². The molecule has 0 radical (unpaired) electrons. The first-order valence-electron chi connectivity index (χ1n) is 5.50. The zero-order valence-corrected chi connectivity index (χ0v) is 9.54. The predicted octanol–water partition coefficient (Wildman–Crippen LogP) is 1.33. The highest BCUT2D eigenvalue weighted by molar-refractivity contribution is 5.31. The number of hydrogen-bond acceptors (Lipinski definition) is 4. The monoisotopic (exact) mass is 206 g/mol. The fraction of sp³-hybridized carbons (Fsp3) is 0.636. The number of hydrogen-bond donors (Lipinski definition) is 2. The van der Waals surface area contributed by atoms with Gasteiger partial charge in [0.15, 0.2) is 0 Å². The van der Waals surface area contributed by atoms with Crippen molar-refractivity contribution in [3.05, 3.63) is 17.5 Å². The molecule has 1 aromatic rings. The number of aromatic nitrogens is 2. The van der Waals surface area contributed by atoms with Crippen LogP contribution >= 0.6 is 0 Å². The minimum Gasteiger partial charge on any atom is -0.352 e. The Hall–Kier alpha value is -1.16. The van der Waals surface area contributed by atoms with E-state index in [2.05, 4.69) is 41.4 Å². The molecule has 0 amide bonds. The Morgan fingerprint density at radius 1 is 1.53 bits per heavy atom. The molecule has 1 atom stereocenters. The maximum atomic E-state index is 4.50. The van der Waals surface area contributed by atoms with Gasteiger partial charge in [-0.1, -0.05) is 0 Å². The Kier molecular flexibility index (Phi) is 2.86. The molecule has 2 N–H and O–H groups in total. The smallest absolute Gasteiger partial charge is 0.223 e. The van der Waals surface area contributed by atoms with E-state index in [0.717, 1.165) is 24.6 Å². The molecule has 2 heterocycles. The maximum absolute atomic E-state index is 4.50. The molecule has 1 aromatic heterocycles. The van der Waals surface area contributed by atoms with Crippen molar-refractivity contribution in [1.29, 1.82) is 0 Å². The summed E-state index contributed by atoms with van der Waals surface area (Å²) in [6, 6.07) is 0.906. The third-order valence-electron chi connectivity index (χ3n) is 2.52. The van der Waals surface area contributed by atoms with E-state index in [1.165, 1.54) is 5.56 Å². The molecule has 4 heteroatoms. The van der Waals surface area contributed by atoms with Crippen molar-refractivity contribution in [3.63, 3.8) is 0 Å². The van der Waals surface area contributed by atoms with Gasteiger partial charge >= 0.3 is 0 Å². The summed E-state index contributed by atoms with van der Waals surface area (Å²) in [4.78, 5) is 8.82. The molecule has 0 aromatic carbocycles. The second kappa shape index (κ2) is 4.14. The van der Waals surface area contributed by atoms with Crippen LogP contribution in [0.25, 0.3) is 0 Å². The summed E-state index contributed by atoms with van der Waals surface area (Å²) < 4.78 is 0. The molecule has 4 nitrogen and oxygen atoms in total. The van der Waals surface area contributed by atoms with Crippen molar-refractivity contribution in [2.45, 2.75) is 45.8 Å². The molecule has 0 saturated carbocycles. The third kappa shape index (κ3) is 2.45. The number of nitrogens with zero attached hydrogens (tertiary/aromatic N) is 2. The first-order chi connectivity index (χ1) is 7.15. The Labute approximate surface area is 90.5 Å². The van der Waals surface area contributed by atoms with Gasteiger partial charge in [-0.2, -0.15) is 0 Å². The van der Waals surface area contributed by atoms with Gasteiger partial charge < -0.3 is 10.6 Å². The highest BCUT2D eigenvalue weighted by Gasteiger charge is 2.16. The summed E-state index contributed by atoms with van der Waals surface area (Å²) >= 11 is 0. The van der Waals surface area contributed by atoms with E-state index in [4.69, 9.17) is 0 Å². The van der Waals surface area contributed by atoms with Crippen LogP contribution in [0.15, 0.2) is 6.20 Å². The molecular weight excluding hydrogens is 188 g/mol. The van der Waals surface area contributed by atoms with Crippen LogP contribution in [0.3, 0.4) is 0 Å². The summed E-state index contributed by atoms with van der Waals surface area (Å²) in [5.74, 6) is 0.736. The van der Waals surface area contributed by atoms with Gasteiger partial charge in [-0.05, 0) is 32.8 Å². The predicted molar refractivity (Wildman–Crippen MR) is 60.8 cm³/mol. The first kappa shape index (κ1) is 10.4. The van der Waals surface area contributed by atoms with Crippen LogP contribution in [0.2, 0.25) is 0 Å². The van der Waals surface area contributed by atoms with E-state index in [1.807, 2.05) is 6.20 Å². The molecule has 82 valence electrons. The third-order valence-corrected chi connectivity index (χ3v) is 2.52. The second-order valence-corrected chi connectivity index (χ2v) is 4.45. The van der Waals surface area contributed by atoms with Crippen LogP contribution in [0.4, 0.5) is 5.95 Å². The first-order valence-corrected chi connectivity index (χ1v) is 5.50. The molecular formula is C11H18N4. The van der Waals surface area contributed by atoms with E-state index in [9.17, 15) is 0 Å². The van der Waals surface area contributed by atoms with Gasteiger partial charge in [0, 0.05) is 24.8 Å². The van der Waals surface area contributed by atoms with Crippen LogP contribution < -0.4 is 10.6 Å². The van der Waals surface area contributed by atoms with E-state index in [-0.39, 0.29) is 0 Å². The zero-order valence-electron chi connectivity index (χ0n) is 9.54. The lowest BCUT2D eigenvalue weighted by molar-refractivity contribution is 0.503. The molecule has 0 fully saturated rings.